The summed E-state index contributed by atoms with van der Waals surface area (Å²) < 4.78 is 0. The fraction of sp³-hybridized carbons (Fsp3) is 0. The van der Waals surface area contributed by atoms with Gasteiger partial charge in [-0.15, -0.1) is 5.10 Å². The largest absolute Gasteiger partial charge is 0.275 e. The molecule has 0 aliphatic carbocycles. The third-order valence-electron chi connectivity index (χ3n) is 1.74. The molecule has 1 aromatic carbocycles. The van der Waals surface area contributed by atoms with E-state index in [9.17, 15) is 0 Å². The van der Waals surface area contributed by atoms with Gasteiger partial charge >= 0.3 is 0 Å². The van der Waals surface area contributed by atoms with E-state index >= 15 is 0 Å². The zero-order valence-corrected chi connectivity index (χ0v) is 6.73. The topological polar surface area (TPSA) is 61.6 Å². The highest BCUT2D eigenvalue weighted by Gasteiger charge is 1.99. The number of nitriles is 1. The number of nitrogens with zero attached hydrogens (tertiary/aromatic N) is 3. The van der Waals surface area contributed by atoms with E-state index in [1.54, 1.807) is 6.20 Å². The van der Waals surface area contributed by atoms with Crippen LogP contribution in [0.15, 0.2) is 30.5 Å². The molecule has 4 nitrogen and oxygen atoms in total. The van der Waals surface area contributed by atoms with E-state index in [0.717, 1.165) is 10.8 Å². The fourth-order valence-corrected chi connectivity index (χ4v) is 1.17. The average molecular weight is 170 g/mol. The Hall–Kier alpha value is -2.15. The van der Waals surface area contributed by atoms with Crippen molar-refractivity contribution in [3.05, 3.63) is 30.5 Å². The second-order valence-electron chi connectivity index (χ2n) is 2.52. The lowest BCUT2D eigenvalue weighted by molar-refractivity contribution is 1.05. The summed E-state index contributed by atoms with van der Waals surface area (Å²) in [5.74, 6) is 0.501. The number of hydrogen-bond acceptors (Lipinski definition) is 4. The van der Waals surface area contributed by atoms with Crippen molar-refractivity contribution in [3.63, 3.8) is 0 Å². The standard InChI is InChI=1S/C9H6N4/c10-6-11-9-8-4-2-1-3-7(8)5-12-13-9/h1-5H,(H,11,13). The van der Waals surface area contributed by atoms with E-state index in [4.69, 9.17) is 5.26 Å². The van der Waals surface area contributed by atoms with Crippen LogP contribution >= 0.6 is 0 Å². The summed E-state index contributed by atoms with van der Waals surface area (Å²) in [6.45, 7) is 0. The number of hydrogen-bond donors (Lipinski definition) is 1. The van der Waals surface area contributed by atoms with Gasteiger partial charge in [0.2, 0.25) is 0 Å². The number of nitrogens with one attached hydrogen (secondary N) is 1. The molecule has 0 aliphatic rings. The summed E-state index contributed by atoms with van der Waals surface area (Å²) in [4.78, 5) is 0. The van der Waals surface area contributed by atoms with Crippen molar-refractivity contribution in [2.75, 3.05) is 5.32 Å². The predicted molar refractivity (Wildman–Crippen MR) is 48.8 cm³/mol. The molecule has 62 valence electrons. The maximum Gasteiger partial charge on any atom is 0.182 e. The summed E-state index contributed by atoms with van der Waals surface area (Å²) in [6, 6.07) is 7.63. The highest BCUT2D eigenvalue weighted by atomic mass is 15.2. The molecule has 0 saturated heterocycles. The lowest BCUT2D eigenvalue weighted by Gasteiger charge is -1.99. The molecule has 0 bridgehead atoms. The quantitative estimate of drug-likeness (QED) is 0.520. The van der Waals surface area contributed by atoms with Gasteiger partial charge in [0.15, 0.2) is 12.0 Å². The molecule has 0 saturated carbocycles. The molecule has 13 heavy (non-hydrogen) atoms. The first-order valence-corrected chi connectivity index (χ1v) is 3.77. The summed E-state index contributed by atoms with van der Waals surface area (Å²) in [7, 11) is 0. The van der Waals surface area contributed by atoms with Crippen molar-refractivity contribution >= 4 is 16.6 Å². The maximum atomic E-state index is 8.45. The van der Waals surface area contributed by atoms with Crippen molar-refractivity contribution in [2.24, 2.45) is 0 Å². The molecule has 2 rings (SSSR count). The van der Waals surface area contributed by atoms with Crippen molar-refractivity contribution in [1.29, 1.82) is 5.26 Å². The zero-order chi connectivity index (χ0) is 9.10. The second kappa shape index (κ2) is 3.07. The minimum atomic E-state index is 0.501. The maximum absolute atomic E-state index is 8.45. The van der Waals surface area contributed by atoms with Crippen LogP contribution in [0.1, 0.15) is 0 Å². The molecular weight excluding hydrogens is 164 g/mol. The van der Waals surface area contributed by atoms with Gasteiger partial charge in [-0.2, -0.15) is 10.4 Å². The van der Waals surface area contributed by atoms with Gasteiger partial charge in [-0.25, -0.2) is 0 Å². The Morgan fingerprint density at radius 2 is 2.15 bits per heavy atom. The van der Waals surface area contributed by atoms with Crippen LogP contribution in [0.3, 0.4) is 0 Å². The van der Waals surface area contributed by atoms with Gasteiger partial charge in [0.05, 0.1) is 6.20 Å². The Balaban J connectivity index is 2.70. The third-order valence-corrected chi connectivity index (χ3v) is 1.74. The zero-order valence-electron chi connectivity index (χ0n) is 6.73. The number of aromatic nitrogens is 2. The lowest BCUT2D eigenvalue weighted by Crippen LogP contribution is -1.94. The minimum absolute atomic E-state index is 0.501. The molecule has 0 fully saturated rings. The molecule has 0 unspecified atom stereocenters. The van der Waals surface area contributed by atoms with Crippen LogP contribution in [0.2, 0.25) is 0 Å². The normalized spacial score (nSPS) is 9.46. The third kappa shape index (κ3) is 1.27. The molecule has 0 spiro atoms. The first-order chi connectivity index (χ1) is 6.42. The van der Waals surface area contributed by atoms with Gasteiger partial charge < -0.3 is 0 Å². The van der Waals surface area contributed by atoms with E-state index < -0.39 is 0 Å². The monoisotopic (exact) mass is 170 g/mol. The van der Waals surface area contributed by atoms with Gasteiger partial charge in [-0.1, -0.05) is 24.3 Å². The summed E-state index contributed by atoms with van der Waals surface area (Å²) in [5.41, 5.74) is 0. The van der Waals surface area contributed by atoms with E-state index in [1.165, 1.54) is 0 Å². The van der Waals surface area contributed by atoms with Gasteiger partial charge in [0.25, 0.3) is 0 Å². The minimum Gasteiger partial charge on any atom is -0.275 e. The number of anilines is 1. The molecule has 2 aromatic rings. The summed E-state index contributed by atoms with van der Waals surface area (Å²) in [6.07, 6.45) is 3.49. The van der Waals surface area contributed by atoms with E-state index in [1.807, 2.05) is 30.5 Å². The van der Waals surface area contributed by atoms with Crippen LogP contribution in [0, 0.1) is 11.5 Å². The molecule has 1 N–H and O–H groups in total. The van der Waals surface area contributed by atoms with Crippen molar-refractivity contribution in [3.8, 4) is 6.19 Å². The van der Waals surface area contributed by atoms with Crippen molar-refractivity contribution < 1.29 is 0 Å². The van der Waals surface area contributed by atoms with E-state index in [0.29, 0.717) is 5.82 Å². The summed E-state index contributed by atoms with van der Waals surface area (Å²) >= 11 is 0. The van der Waals surface area contributed by atoms with Crippen molar-refractivity contribution in [1.82, 2.24) is 10.2 Å². The molecule has 1 aromatic heterocycles. The average Bonchev–Trinajstić information content (AvgIpc) is 2.19. The molecule has 0 atom stereocenters. The van der Waals surface area contributed by atoms with Crippen LogP contribution in [-0.4, -0.2) is 10.2 Å². The lowest BCUT2D eigenvalue weighted by atomic mass is 10.2. The predicted octanol–water partition coefficient (Wildman–Crippen LogP) is 1.52. The smallest absolute Gasteiger partial charge is 0.182 e. The molecular formula is C9H6N4. The SMILES string of the molecule is N#CNc1nncc2ccccc12. The molecule has 0 radical (unpaired) electrons. The highest BCUT2D eigenvalue weighted by molar-refractivity contribution is 5.91. The Kier molecular flexibility index (Phi) is 1.77. The van der Waals surface area contributed by atoms with Crippen LogP contribution < -0.4 is 5.32 Å². The van der Waals surface area contributed by atoms with Crippen LogP contribution in [0.25, 0.3) is 10.8 Å². The van der Waals surface area contributed by atoms with Crippen molar-refractivity contribution in [2.45, 2.75) is 0 Å². The van der Waals surface area contributed by atoms with Gasteiger partial charge in [0, 0.05) is 10.8 Å². The summed E-state index contributed by atoms with van der Waals surface area (Å²) in [5, 5.41) is 20.4. The Bertz CT molecular complexity index is 467. The highest BCUT2D eigenvalue weighted by Crippen LogP contribution is 2.18. The molecule has 0 aliphatic heterocycles. The first-order valence-electron chi connectivity index (χ1n) is 3.77. The number of rotatable bonds is 1. The van der Waals surface area contributed by atoms with Gasteiger partial charge in [-0.3, -0.25) is 5.32 Å². The van der Waals surface area contributed by atoms with Crippen LogP contribution in [-0.2, 0) is 0 Å². The Morgan fingerprint density at radius 1 is 1.31 bits per heavy atom. The molecule has 0 amide bonds. The molecule has 4 heteroatoms. The van der Waals surface area contributed by atoms with Crippen LogP contribution in [0.4, 0.5) is 5.82 Å². The fourth-order valence-electron chi connectivity index (χ4n) is 1.17. The number of fused-ring (bicyclic) bond motifs is 1. The Morgan fingerprint density at radius 3 is 3.00 bits per heavy atom. The number of benzene rings is 1. The molecule has 1 heterocycles. The van der Waals surface area contributed by atoms with E-state index in [2.05, 4.69) is 15.5 Å². The Labute approximate surface area is 74.8 Å². The van der Waals surface area contributed by atoms with Gasteiger partial charge in [-0.05, 0) is 0 Å². The van der Waals surface area contributed by atoms with Gasteiger partial charge in [0.1, 0.15) is 0 Å². The van der Waals surface area contributed by atoms with E-state index in [-0.39, 0.29) is 0 Å². The first kappa shape index (κ1) is 7.50. The van der Waals surface area contributed by atoms with Crippen LogP contribution in [0.5, 0.6) is 0 Å². The second-order valence-corrected chi connectivity index (χ2v) is 2.52.